The summed E-state index contributed by atoms with van der Waals surface area (Å²) in [7, 11) is 0. The van der Waals surface area contributed by atoms with E-state index in [1.807, 2.05) is 44.2 Å². The molecule has 0 bridgehead atoms. The molecule has 0 aromatic heterocycles. The third-order valence-electron chi connectivity index (χ3n) is 5.03. The molecule has 4 nitrogen and oxygen atoms in total. The lowest BCUT2D eigenvalue weighted by molar-refractivity contribution is -0.121. The summed E-state index contributed by atoms with van der Waals surface area (Å²) in [6.07, 6.45) is 1.32. The fourth-order valence-electron chi connectivity index (χ4n) is 3.21. The van der Waals surface area contributed by atoms with Gasteiger partial charge in [0.2, 0.25) is 5.91 Å². The van der Waals surface area contributed by atoms with Crippen LogP contribution in [-0.4, -0.2) is 29.8 Å². The minimum Gasteiger partial charge on any atom is -0.339 e. The molecule has 1 heterocycles. The average molecular weight is 371 g/mol. The number of benzene rings is 2. The highest BCUT2D eigenvalue weighted by Crippen LogP contribution is 2.24. The van der Waals surface area contributed by atoms with Gasteiger partial charge >= 0.3 is 0 Å². The average Bonchev–Trinajstić information content (AvgIpc) is 2.65. The van der Waals surface area contributed by atoms with Crippen LogP contribution in [0.1, 0.15) is 34.3 Å². The van der Waals surface area contributed by atoms with Crippen molar-refractivity contribution < 1.29 is 9.59 Å². The Balaban J connectivity index is 1.57. The van der Waals surface area contributed by atoms with Crippen molar-refractivity contribution in [3.8, 4) is 0 Å². The predicted octanol–water partition coefficient (Wildman–Crippen LogP) is 4.45. The van der Waals surface area contributed by atoms with E-state index in [4.69, 9.17) is 11.6 Å². The van der Waals surface area contributed by atoms with E-state index in [1.165, 1.54) is 5.56 Å². The van der Waals surface area contributed by atoms with Gasteiger partial charge in [0.05, 0.1) is 10.6 Å². The molecule has 136 valence electrons. The minimum absolute atomic E-state index is 0.0260. The van der Waals surface area contributed by atoms with Gasteiger partial charge in [0.25, 0.3) is 5.91 Å². The van der Waals surface area contributed by atoms with Crippen LogP contribution in [0.2, 0.25) is 5.02 Å². The van der Waals surface area contributed by atoms with Gasteiger partial charge in [0, 0.05) is 24.7 Å². The lowest BCUT2D eigenvalue weighted by Gasteiger charge is -2.31. The van der Waals surface area contributed by atoms with Gasteiger partial charge in [-0.15, -0.1) is 0 Å². The molecule has 0 radical (unpaired) electrons. The molecule has 1 saturated heterocycles. The molecule has 1 fully saturated rings. The van der Waals surface area contributed by atoms with Gasteiger partial charge in [0.15, 0.2) is 0 Å². The summed E-state index contributed by atoms with van der Waals surface area (Å²) in [5, 5.41) is 3.47. The van der Waals surface area contributed by atoms with Crippen LogP contribution >= 0.6 is 11.6 Å². The number of carbonyl (C=O) groups excluding carboxylic acids is 2. The van der Waals surface area contributed by atoms with Gasteiger partial charge in [-0.1, -0.05) is 29.8 Å². The molecule has 0 saturated carbocycles. The van der Waals surface area contributed by atoms with Crippen molar-refractivity contribution in [1.29, 1.82) is 0 Å². The first kappa shape index (κ1) is 18.5. The Hall–Kier alpha value is -2.33. The number of halogens is 1. The molecule has 26 heavy (non-hydrogen) atoms. The molecule has 0 spiro atoms. The van der Waals surface area contributed by atoms with Gasteiger partial charge < -0.3 is 10.2 Å². The highest BCUT2D eigenvalue weighted by molar-refractivity contribution is 6.33. The van der Waals surface area contributed by atoms with Crippen molar-refractivity contribution >= 4 is 29.1 Å². The maximum atomic E-state index is 12.6. The van der Waals surface area contributed by atoms with Crippen LogP contribution < -0.4 is 5.32 Å². The SMILES string of the molecule is Cc1ccc(NC(=O)C2CCN(C(=O)c3ccccc3Cl)CC2)cc1C. The standard InChI is InChI=1S/C21H23ClN2O2/c1-14-7-8-17(13-15(14)2)23-20(25)16-9-11-24(12-10-16)21(26)18-5-3-4-6-19(18)22/h3-8,13,16H,9-12H2,1-2H3,(H,23,25). The van der Waals surface area contributed by atoms with Crippen LogP contribution in [0.25, 0.3) is 0 Å². The Labute approximate surface area is 159 Å². The zero-order valence-corrected chi connectivity index (χ0v) is 15.8. The molecular weight excluding hydrogens is 348 g/mol. The normalized spacial score (nSPS) is 15.0. The molecule has 0 aliphatic carbocycles. The Morgan fingerprint density at radius 3 is 2.38 bits per heavy atom. The quantitative estimate of drug-likeness (QED) is 0.867. The van der Waals surface area contributed by atoms with Crippen molar-refractivity contribution in [2.24, 2.45) is 5.92 Å². The lowest BCUT2D eigenvalue weighted by atomic mass is 9.95. The van der Waals surface area contributed by atoms with Gasteiger partial charge in [0.1, 0.15) is 0 Å². The van der Waals surface area contributed by atoms with Crippen LogP contribution in [0.3, 0.4) is 0 Å². The molecule has 2 aromatic carbocycles. The summed E-state index contributed by atoms with van der Waals surface area (Å²) < 4.78 is 0. The molecule has 2 amide bonds. The number of carbonyl (C=O) groups is 2. The minimum atomic E-state index is -0.0769. The van der Waals surface area contributed by atoms with E-state index in [9.17, 15) is 9.59 Å². The second-order valence-electron chi connectivity index (χ2n) is 6.83. The first-order chi connectivity index (χ1) is 12.5. The van der Waals surface area contributed by atoms with Crippen LogP contribution in [0.15, 0.2) is 42.5 Å². The van der Waals surface area contributed by atoms with E-state index in [-0.39, 0.29) is 17.7 Å². The number of nitrogens with one attached hydrogen (secondary N) is 1. The summed E-state index contributed by atoms with van der Waals surface area (Å²) in [4.78, 5) is 26.9. The van der Waals surface area contributed by atoms with Crippen molar-refractivity contribution in [3.05, 3.63) is 64.2 Å². The van der Waals surface area contributed by atoms with Crippen molar-refractivity contribution in [2.75, 3.05) is 18.4 Å². The number of nitrogens with zero attached hydrogens (tertiary/aromatic N) is 1. The predicted molar refractivity (Wildman–Crippen MR) is 105 cm³/mol. The zero-order chi connectivity index (χ0) is 18.7. The number of hydrogen-bond donors (Lipinski definition) is 1. The smallest absolute Gasteiger partial charge is 0.255 e. The Morgan fingerprint density at radius 1 is 1.04 bits per heavy atom. The van der Waals surface area contributed by atoms with E-state index >= 15 is 0 Å². The van der Waals surface area contributed by atoms with Gasteiger partial charge in [-0.2, -0.15) is 0 Å². The van der Waals surface area contributed by atoms with Crippen LogP contribution in [-0.2, 0) is 4.79 Å². The molecule has 0 unspecified atom stereocenters. The fraction of sp³-hybridized carbons (Fsp3) is 0.333. The topological polar surface area (TPSA) is 49.4 Å². The van der Waals surface area contributed by atoms with E-state index in [2.05, 4.69) is 5.32 Å². The van der Waals surface area contributed by atoms with Gasteiger partial charge in [-0.3, -0.25) is 9.59 Å². The Kier molecular flexibility index (Phi) is 5.62. The fourth-order valence-corrected chi connectivity index (χ4v) is 3.43. The van der Waals surface area contributed by atoms with E-state index in [0.29, 0.717) is 36.5 Å². The molecule has 5 heteroatoms. The summed E-state index contributed by atoms with van der Waals surface area (Å²) in [5.41, 5.74) is 3.71. The van der Waals surface area contributed by atoms with Crippen molar-refractivity contribution in [2.45, 2.75) is 26.7 Å². The molecule has 1 aliphatic rings. The third kappa shape index (κ3) is 4.07. The largest absolute Gasteiger partial charge is 0.339 e. The van der Waals surface area contributed by atoms with E-state index in [0.717, 1.165) is 11.3 Å². The number of amides is 2. The molecule has 2 aromatic rings. The second-order valence-corrected chi connectivity index (χ2v) is 7.24. The van der Waals surface area contributed by atoms with Crippen LogP contribution in [0, 0.1) is 19.8 Å². The first-order valence-corrected chi connectivity index (χ1v) is 9.25. The summed E-state index contributed by atoms with van der Waals surface area (Å²) >= 11 is 6.12. The van der Waals surface area contributed by atoms with Crippen LogP contribution in [0.4, 0.5) is 5.69 Å². The number of hydrogen-bond acceptors (Lipinski definition) is 2. The first-order valence-electron chi connectivity index (χ1n) is 8.87. The maximum absolute atomic E-state index is 12.6. The highest BCUT2D eigenvalue weighted by atomic mass is 35.5. The van der Waals surface area contributed by atoms with Gasteiger partial charge in [-0.25, -0.2) is 0 Å². The molecule has 1 N–H and O–H groups in total. The molecule has 3 rings (SSSR count). The number of likely N-dealkylation sites (tertiary alicyclic amines) is 1. The van der Waals surface area contributed by atoms with E-state index in [1.54, 1.807) is 17.0 Å². The van der Waals surface area contributed by atoms with Crippen molar-refractivity contribution in [3.63, 3.8) is 0 Å². The third-order valence-corrected chi connectivity index (χ3v) is 5.36. The van der Waals surface area contributed by atoms with E-state index < -0.39 is 0 Å². The summed E-state index contributed by atoms with van der Waals surface area (Å²) in [5.74, 6) is -0.117. The van der Waals surface area contributed by atoms with Crippen molar-refractivity contribution in [1.82, 2.24) is 4.90 Å². The Morgan fingerprint density at radius 2 is 1.73 bits per heavy atom. The highest BCUT2D eigenvalue weighted by Gasteiger charge is 2.28. The zero-order valence-electron chi connectivity index (χ0n) is 15.1. The second kappa shape index (κ2) is 7.92. The Bertz CT molecular complexity index is 827. The number of rotatable bonds is 3. The molecular formula is C21H23ClN2O2. The molecule has 1 aliphatic heterocycles. The molecule has 0 atom stereocenters. The number of anilines is 1. The lowest BCUT2D eigenvalue weighted by Crippen LogP contribution is -2.41. The summed E-state index contributed by atoms with van der Waals surface area (Å²) in [6.45, 7) is 5.21. The van der Waals surface area contributed by atoms with Crippen LogP contribution in [0.5, 0.6) is 0 Å². The summed E-state index contributed by atoms with van der Waals surface area (Å²) in [6, 6.07) is 13.0. The van der Waals surface area contributed by atoms with Gasteiger partial charge in [-0.05, 0) is 62.1 Å². The maximum Gasteiger partial charge on any atom is 0.255 e. The monoisotopic (exact) mass is 370 g/mol. The number of aryl methyl sites for hydroxylation is 2. The number of piperidine rings is 1.